The maximum absolute atomic E-state index is 14.4. The van der Waals surface area contributed by atoms with E-state index >= 15 is 0 Å². The Morgan fingerprint density at radius 2 is 1.82 bits per heavy atom. The fourth-order valence-electron chi connectivity index (χ4n) is 3.76. The molecular formula is C21H32FN3O3. The molecule has 0 N–H and O–H groups in total. The standard InChI is InChI=1S/C21H32FN3O3/c1-5-10-25(15-17-18(22)8-7-9-20(17)28-4)19(6-2)21(27)24-13-11-23(12-14-24)16(3)26/h7-9,19H,5-6,10-15H2,1-4H3/t19-/m0/s1. The molecule has 1 aromatic carbocycles. The number of carbonyl (C=O) groups excluding carboxylic acids is 2. The lowest BCUT2D eigenvalue weighted by molar-refractivity contribution is -0.142. The van der Waals surface area contributed by atoms with E-state index in [1.807, 2.05) is 16.7 Å². The Kier molecular flexibility index (Phi) is 8.23. The summed E-state index contributed by atoms with van der Waals surface area (Å²) in [6, 6.07) is 4.46. The van der Waals surface area contributed by atoms with E-state index in [1.54, 1.807) is 24.0 Å². The van der Waals surface area contributed by atoms with Gasteiger partial charge in [-0.15, -0.1) is 0 Å². The fourth-order valence-corrected chi connectivity index (χ4v) is 3.76. The topological polar surface area (TPSA) is 53.1 Å². The quantitative estimate of drug-likeness (QED) is 0.681. The summed E-state index contributed by atoms with van der Waals surface area (Å²) in [5.41, 5.74) is 0.478. The highest BCUT2D eigenvalue weighted by molar-refractivity contribution is 5.82. The smallest absolute Gasteiger partial charge is 0.240 e. The Hall–Kier alpha value is -2.15. The van der Waals surface area contributed by atoms with Crippen molar-refractivity contribution in [1.82, 2.24) is 14.7 Å². The first-order chi connectivity index (χ1) is 13.4. The molecule has 2 amide bonds. The van der Waals surface area contributed by atoms with Crippen LogP contribution in [0, 0.1) is 5.82 Å². The van der Waals surface area contributed by atoms with E-state index in [9.17, 15) is 14.0 Å². The zero-order chi connectivity index (χ0) is 20.7. The van der Waals surface area contributed by atoms with Crippen molar-refractivity contribution in [1.29, 1.82) is 0 Å². The largest absolute Gasteiger partial charge is 0.496 e. The molecule has 1 fully saturated rings. The molecule has 2 rings (SSSR count). The lowest BCUT2D eigenvalue weighted by Crippen LogP contribution is -2.55. The van der Waals surface area contributed by atoms with Crippen LogP contribution < -0.4 is 4.74 Å². The number of rotatable bonds is 8. The average Bonchev–Trinajstić information content (AvgIpc) is 2.70. The predicted molar refractivity (Wildman–Crippen MR) is 107 cm³/mol. The molecule has 156 valence electrons. The zero-order valence-corrected chi connectivity index (χ0v) is 17.4. The number of carbonyl (C=O) groups is 2. The molecule has 1 saturated heterocycles. The Balaban J connectivity index is 2.16. The maximum Gasteiger partial charge on any atom is 0.240 e. The van der Waals surface area contributed by atoms with Crippen LogP contribution >= 0.6 is 0 Å². The molecule has 1 aliphatic heterocycles. The highest BCUT2D eigenvalue weighted by atomic mass is 19.1. The minimum atomic E-state index is -0.326. The normalized spacial score (nSPS) is 15.6. The minimum Gasteiger partial charge on any atom is -0.496 e. The van der Waals surface area contributed by atoms with Crippen LogP contribution in [0.15, 0.2) is 18.2 Å². The van der Waals surface area contributed by atoms with Crippen LogP contribution in [0.1, 0.15) is 39.2 Å². The number of hydrogen-bond donors (Lipinski definition) is 0. The first-order valence-electron chi connectivity index (χ1n) is 10.0. The van der Waals surface area contributed by atoms with E-state index in [-0.39, 0.29) is 23.7 Å². The molecule has 0 bridgehead atoms. The van der Waals surface area contributed by atoms with Gasteiger partial charge in [-0.1, -0.05) is 19.9 Å². The Bertz CT molecular complexity index is 675. The van der Waals surface area contributed by atoms with Gasteiger partial charge in [-0.2, -0.15) is 0 Å². The molecule has 28 heavy (non-hydrogen) atoms. The molecule has 0 radical (unpaired) electrons. The van der Waals surface area contributed by atoms with E-state index in [0.29, 0.717) is 57.0 Å². The van der Waals surface area contributed by atoms with Crippen LogP contribution in [0.4, 0.5) is 4.39 Å². The van der Waals surface area contributed by atoms with Crippen molar-refractivity contribution in [2.45, 2.75) is 46.2 Å². The molecule has 0 saturated carbocycles. The lowest BCUT2D eigenvalue weighted by Gasteiger charge is -2.38. The highest BCUT2D eigenvalue weighted by Crippen LogP contribution is 2.25. The second-order valence-electron chi connectivity index (χ2n) is 7.15. The van der Waals surface area contributed by atoms with Gasteiger partial charge in [0.1, 0.15) is 11.6 Å². The van der Waals surface area contributed by atoms with E-state index < -0.39 is 0 Å². The average molecular weight is 394 g/mol. The SMILES string of the molecule is CCCN(Cc1c(F)cccc1OC)[C@@H](CC)C(=O)N1CCN(C(C)=O)CC1. The minimum absolute atomic E-state index is 0.0402. The lowest BCUT2D eigenvalue weighted by atomic mass is 10.1. The van der Waals surface area contributed by atoms with Crippen LogP contribution in [0.3, 0.4) is 0 Å². The molecular weight excluding hydrogens is 361 g/mol. The first kappa shape index (κ1) is 22.1. The summed E-state index contributed by atoms with van der Waals surface area (Å²) in [6.07, 6.45) is 1.50. The number of ether oxygens (including phenoxy) is 1. The van der Waals surface area contributed by atoms with E-state index in [0.717, 1.165) is 6.42 Å². The maximum atomic E-state index is 14.4. The third-order valence-corrected chi connectivity index (χ3v) is 5.32. The number of nitrogens with zero attached hydrogens (tertiary/aromatic N) is 3. The van der Waals surface area contributed by atoms with Gasteiger partial charge in [-0.05, 0) is 31.5 Å². The van der Waals surface area contributed by atoms with E-state index in [4.69, 9.17) is 4.74 Å². The second kappa shape index (κ2) is 10.4. The number of amides is 2. The number of methoxy groups -OCH3 is 1. The Labute approximate surface area is 167 Å². The van der Waals surface area contributed by atoms with Crippen molar-refractivity contribution < 1.29 is 18.7 Å². The third-order valence-electron chi connectivity index (χ3n) is 5.32. The summed E-state index contributed by atoms with van der Waals surface area (Å²) in [6.45, 7) is 8.80. The van der Waals surface area contributed by atoms with E-state index in [1.165, 1.54) is 13.2 Å². The monoisotopic (exact) mass is 393 g/mol. The van der Waals surface area contributed by atoms with Crippen LogP contribution in [0.2, 0.25) is 0 Å². The summed E-state index contributed by atoms with van der Waals surface area (Å²) < 4.78 is 19.8. The van der Waals surface area contributed by atoms with Crippen LogP contribution in [0.25, 0.3) is 0 Å². The number of halogens is 1. The molecule has 7 heteroatoms. The summed E-state index contributed by atoms with van der Waals surface area (Å²) >= 11 is 0. The predicted octanol–water partition coefficient (Wildman–Crippen LogP) is 2.52. The Morgan fingerprint density at radius 1 is 1.18 bits per heavy atom. The summed E-state index contributed by atoms with van der Waals surface area (Å²) in [4.78, 5) is 30.4. The van der Waals surface area contributed by atoms with Gasteiger partial charge in [0.05, 0.1) is 13.2 Å². The third kappa shape index (κ3) is 5.22. The summed E-state index contributed by atoms with van der Waals surface area (Å²) in [7, 11) is 1.53. The number of piperazine rings is 1. The van der Waals surface area contributed by atoms with Crippen molar-refractivity contribution in [2.24, 2.45) is 0 Å². The summed E-state index contributed by atoms with van der Waals surface area (Å²) in [5.74, 6) is 0.268. The summed E-state index contributed by atoms with van der Waals surface area (Å²) in [5, 5.41) is 0. The molecule has 1 aromatic rings. The highest BCUT2D eigenvalue weighted by Gasteiger charge is 2.31. The molecule has 6 nitrogen and oxygen atoms in total. The van der Waals surface area contributed by atoms with Gasteiger partial charge < -0.3 is 14.5 Å². The van der Waals surface area contributed by atoms with Gasteiger partial charge in [-0.25, -0.2) is 4.39 Å². The van der Waals surface area contributed by atoms with E-state index in [2.05, 4.69) is 6.92 Å². The molecule has 0 unspecified atom stereocenters. The number of hydrogen-bond acceptors (Lipinski definition) is 4. The van der Waals surface area contributed by atoms with Gasteiger partial charge in [0.25, 0.3) is 0 Å². The van der Waals surface area contributed by atoms with Gasteiger partial charge in [0.15, 0.2) is 0 Å². The van der Waals surface area contributed by atoms with Gasteiger partial charge >= 0.3 is 0 Å². The van der Waals surface area contributed by atoms with Crippen LogP contribution in [-0.2, 0) is 16.1 Å². The van der Waals surface area contributed by atoms with Crippen molar-refractivity contribution in [3.05, 3.63) is 29.6 Å². The Morgan fingerprint density at radius 3 is 2.36 bits per heavy atom. The fraction of sp³-hybridized carbons (Fsp3) is 0.619. The van der Waals surface area contributed by atoms with Crippen molar-refractivity contribution in [3.8, 4) is 5.75 Å². The van der Waals surface area contributed by atoms with Crippen molar-refractivity contribution >= 4 is 11.8 Å². The second-order valence-corrected chi connectivity index (χ2v) is 7.15. The first-order valence-corrected chi connectivity index (χ1v) is 10.0. The van der Waals surface area contributed by atoms with Crippen LogP contribution in [-0.4, -0.2) is 72.4 Å². The van der Waals surface area contributed by atoms with Gasteiger partial charge in [-0.3, -0.25) is 14.5 Å². The van der Waals surface area contributed by atoms with Crippen LogP contribution in [0.5, 0.6) is 5.75 Å². The molecule has 0 spiro atoms. The van der Waals surface area contributed by atoms with Crippen molar-refractivity contribution in [2.75, 3.05) is 39.8 Å². The molecule has 1 heterocycles. The molecule has 1 aliphatic rings. The molecule has 0 aliphatic carbocycles. The van der Waals surface area contributed by atoms with Gasteiger partial charge in [0.2, 0.25) is 11.8 Å². The van der Waals surface area contributed by atoms with Crippen molar-refractivity contribution in [3.63, 3.8) is 0 Å². The zero-order valence-electron chi connectivity index (χ0n) is 17.4. The van der Waals surface area contributed by atoms with Gasteiger partial charge in [0, 0.05) is 45.2 Å². The molecule has 0 aromatic heterocycles. The molecule has 1 atom stereocenters. The number of benzene rings is 1.